The van der Waals surface area contributed by atoms with Crippen molar-refractivity contribution in [1.82, 2.24) is 0 Å². The molecule has 642 valence electrons. The molecule has 3 saturated carbocycles. The topological polar surface area (TPSA) is 652 Å². The molecule has 0 radical (unpaired) electrons. The average Bonchev–Trinajstić information content (AvgIpc) is 1.65. The molecule has 25 N–H and O–H groups in total. The van der Waals surface area contributed by atoms with Crippen molar-refractivity contribution in [3.8, 4) is 0 Å². The van der Waals surface area contributed by atoms with Crippen molar-refractivity contribution < 1.29 is 199 Å². The third-order valence-corrected chi connectivity index (χ3v) is 26.6. The molecule has 10 fully saturated rings. The van der Waals surface area contributed by atoms with Gasteiger partial charge in [-0.15, -0.1) is 0 Å². The maximum atomic E-state index is 15.6. The Morgan fingerprint density at radius 3 is 1.33 bits per heavy atom. The second kappa shape index (κ2) is 35.3. The molecule has 40 nitrogen and oxygen atoms in total. The number of aliphatic hydroxyl groups excluding tert-OH is 24. The van der Waals surface area contributed by atoms with Crippen molar-refractivity contribution >= 4 is 5.78 Å². The monoisotopic (exact) mass is 1610 g/mol. The van der Waals surface area contributed by atoms with Gasteiger partial charge in [0.25, 0.3) is 0 Å². The molecule has 4 aliphatic carbocycles. The van der Waals surface area contributed by atoms with Gasteiger partial charge in [-0.25, -0.2) is 0 Å². The SMILES string of the molecule is C[C@H](CC[C@@H](O[C@@H]1O[C@H](CO[C@@H]2O[C@H](CO[C@@H]3O[C@H](CO)[C@@H](O)[C@H](O)[C@H]3O)[C@@H](O)[C@H](O)[C@H]2O)[C@@H](O)[C@H](O)[C@H]1O)C(C)(C)O)[C@H]1CC[C@@]2(C)[C@@H]3CC=C4[C@@H](CC[C@H](O)[C@@]4(C)CO[C@@H]4O[C@H](CO[C@@H]5O[C@H](CO)[C@@H](O)[C@H](O)[C@H]5O)[C@@H](O)[C@H](O)[C@H]4O[C@@H]4O[C@H](O)[C@@H](O[C@@H]5O[C@H](CO)[C@@H](O)[C@H](O)C5O)[C@H](O)[C@H]4O)[C@]3(C)C(=O)C[C@]12C. The minimum Gasteiger partial charge on any atom is -0.394 e. The van der Waals surface area contributed by atoms with Crippen LogP contribution in [0.25, 0.3) is 0 Å². The number of allylic oxidation sites excluding steroid dienone is 1. The van der Waals surface area contributed by atoms with Crippen molar-refractivity contribution in [2.45, 2.75) is 333 Å². The lowest BCUT2D eigenvalue weighted by atomic mass is 9.38. The van der Waals surface area contributed by atoms with Crippen LogP contribution in [-0.2, 0) is 71.1 Å². The summed E-state index contributed by atoms with van der Waals surface area (Å²) in [5.74, 6) is -0.958. The highest BCUT2D eigenvalue weighted by Gasteiger charge is 2.71. The molecule has 0 amide bonds. The third kappa shape index (κ3) is 16.8. The lowest BCUT2D eigenvalue weighted by Crippen LogP contribution is -2.66. The summed E-state index contributed by atoms with van der Waals surface area (Å²) in [6.45, 7) is 8.01. The quantitative estimate of drug-likeness (QED) is 0.0358. The molecule has 11 aliphatic rings. The number of hydrogen-bond donors (Lipinski definition) is 25. The van der Waals surface area contributed by atoms with Gasteiger partial charge in [-0.1, -0.05) is 46.3 Å². The zero-order valence-corrected chi connectivity index (χ0v) is 62.7. The first-order valence-corrected chi connectivity index (χ1v) is 38.1. The van der Waals surface area contributed by atoms with Crippen LogP contribution in [0, 0.1) is 45.3 Å². The molecule has 111 heavy (non-hydrogen) atoms. The fourth-order valence-corrected chi connectivity index (χ4v) is 19.3. The highest BCUT2D eigenvalue weighted by atomic mass is 16.8. The average molecular weight is 1610 g/mol. The molecule has 0 aromatic rings. The summed E-state index contributed by atoms with van der Waals surface area (Å²) in [4.78, 5) is 15.6. The van der Waals surface area contributed by atoms with E-state index in [4.69, 9.17) is 66.3 Å². The van der Waals surface area contributed by atoms with E-state index in [9.17, 15) is 128 Å². The Hall–Kier alpha value is -2.15. The van der Waals surface area contributed by atoms with Crippen LogP contribution in [0.5, 0.6) is 0 Å². The van der Waals surface area contributed by atoms with E-state index in [2.05, 4.69) is 20.8 Å². The van der Waals surface area contributed by atoms with E-state index in [1.807, 2.05) is 13.0 Å². The van der Waals surface area contributed by atoms with Crippen LogP contribution in [0.3, 0.4) is 0 Å². The van der Waals surface area contributed by atoms with Gasteiger partial charge in [0.15, 0.2) is 50.3 Å². The molecule has 7 saturated heterocycles. The molecule has 40 heteroatoms. The fraction of sp³-hybridized carbons (Fsp3) is 0.958. The Balaban J connectivity index is 0.758. The van der Waals surface area contributed by atoms with E-state index in [1.165, 1.54) is 13.8 Å². The van der Waals surface area contributed by atoms with E-state index in [-0.39, 0.29) is 42.8 Å². The second-order valence-electron chi connectivity index (χ2n) is 33.7. The number of Topliss-reactive ketones (excluding diaryl/α,β-unsaturated/α-hetero) is 1. The highest BCUT2D eigenvalue weighted by molar-refractivity contribution is 5.88. The van der Waals surface area contributed by atoms with Gasteiger partial charge in [0, 0.05) is 17.3 Å². The Morgan fingerprint density at radius 2 is 0.847 bits per heavy atom. The smallest absolute Gasteiger partial charge is 0.189 e. The highest BCUT2D eigenvalue weighted by Crippen LogP contribution is 2.74. The van der Waals surface area contributed by atoms with Crippen molar-refractivity contribution in [3.63, 3.8) is 0 Å². The molecule has 7 heterocycles. The summed E-state index contributed by atoms with van der Waals surface area (Å²) in [5, 5.41) is 271. The summed E-state index contributed by atoms with van der Waals surface area (Å²) < 4.78 is 81.2. The molecular weight excluding hydrogens is 1490 g/mol. The molecule has 45 atom stereocenters. The first-order chi connectivity index (χ1) is 52.0. The molecular formula is C71H118O40. The lowest BCUT2D eigenvalue weighted by molar-refractivity contribution is -0.406. The number of carbonyl (C=O) groups excluding carboxylic acids is 1. The second-order valence-corrected chi connectivity index (χ2v) is 33.7. The Kier molecular flexibility index (Phi) is 28.5. The van der Waals surface area contributed by atoms with Crippen LogP contribution in [0.2, 0.25) is 0 Å². The van der Waals surface area contributed by atoms with Crippen LogP contribution >= 0.6 is 0 Å². The minimum absolute atomic E-state index is 0.0130. The molecule has 1 unspecified atom stereocenters. The van der Waals surface area contributed by atoms with E-state index in [0.717, 1.165) is 0 Å². The third-order valence-electron chi connectivity index (χ3n) is 26.6. The Bertz CT molecular complexity index is 3060. The number of carbonyl (C=O) groups is 1. The summed E-state index contributed by atoms with van der Waals surface area (Å²) in [5.41, 5.74) is -4.42. The number of fused-ring (bicyclic) bond motifs is 5. The maximum Gasteiger partial charge on any atom is 0.189 e. The molecule has 7 aliphatic heterocycles. The van der Waals surface area contributed by atoms with Gasteiger partial charge in [-0.3, -0.25) is 4.79 Å². The van der Waals surface area contributed by atoms with Crippen LogP contribution in [0.4, 0.5) is 0 Å². The van der Waals surface area contributed by atoms with Gasteiger partial charge in [-0.05, 0) is 93.3 Å². The van der Waals surface area contributed by atoms with Gasteiger partial charge in [-0.2, -0.15) is 0 Å². The zero-order chi connectivity index (χ0) is 81.5. The zero-order valence-electron chi connectivity index (χ0n) is 62.7. The Morgan fingerprint density at radius 1 is 0.450 bits per heavy atom. The van der Waals surface area contributed by atoms with E-state index >= 15 is 4.79 Å². The first-order valence-electron chi connectivity index (χ1n) is 38.1. The fourth-order valence-electron chi connectivity index (χ4n) is 19.3. The maximum absolute atomic E-state index is 15.6. The normalized spacial score (nSPS) is 52.5. The van der Waals surface area contributed by atoms with E-state index in [0.29, 0.717) is 37.7 Å². The predicted molar refractivity (Wildman–Crippen MR) is 361 cm³/mol. The van der Waals surface area contributed by atoms with Crippen molar-refractivity contribution in [2.75, 3.05) is 46.2 Å². The molecule has 0 bridgehead atoms. The van der Waals surface area contributed by atoms with Crippen LogP contribution in [0.1, 0.15) is 99.8 Å². The van der Waals surface area contributed by atoms with E-state index < -0.39 is 307 Å². The molecule has 11 rings (SSSR count). The molecule has 0 aromatic carbocycles. The van der Waals surface area contributed by atoms with Gasteiger partial charge in [0.2, 0.25) is 0 Å². The molecule has 0 spiro atoms. The number of rotatable bonds is 26. The largest absolute Gasteiger partial charge is 0.394 e. The molecule has 0 aromatic heterocycles. The predicted octanol–water partition coefficient (Wildman–Crippen LogP) is -10.6. The van der Waals surface area contributed by atoms with Gasteiger partial charge < -0.3 is 194 Å². The van der Waals surface area contributed by atoms with Gasteiger partial charge in [0.1, 0.15) is 171 Å². The summed E-state index contributed by atoms with van der Waals surface area (Å²) in [6, 6.07) is 0. The van der Waals surface area contributed by atoms with E-state index in [1.54, 1.807) is 6.92 Å². The number of hydrogen-bond acceptors (Lipinski definition) is 40. The number of aliphatic hydroxyl groups is 25. The minimum atomic E-state index is -2.27. The van der Waals surface area contributed by atoms with Crippen molar-refractivity contribution in [3.05, 3.63) is 11.6 Å². The van der Waals surface area contributed by atoms with Crippen LogP contribution in [-0.4, -0.2) is 413 Å². The van der Waals surface area contributed by atoms with Crippen molar-refractivity contribution in [2.24, 2.45) is 45.3 Å². The van der Waals surface area contributed by atoms with Crippen molar-refractivity contribution in [1.29, 1.82) is 0 Å². The van der Waals surface area contributed by atoms with Crippen LogP contribution in [0.15, 0.2) is 11.6 Å². The summed E-state index contributed by atoms with van der Waals surface area (Å²) in [6.07, 6.45) is -61.8. The first kappa shape index (κ1) is 89.6. The Labute approximate surface area is 638 Å². The number of ketones is 1. The number of ether oxygens (including phenoxy) is 14. The van der Waals surface area contributed by atoms with Gasteiger partial charge >= 0.3 is 0 Å². The van der Waals surface area contributed by atoms with Gasteiger partial charge in [0.05, 0.1) is 64.1 Å². The standard InChI is InChI=1S/C71H118O40/c1-24(8-13-37(67(2,3)97)108-63-54(93)48(87)42(81)32(106-63)21-100-62-53(92)47(86)41(80)31(105-62)20-98-60-51(90)44(83)38(77)28(17-72)102-60)25-14-15-69(5)34-11-9-26-27(71(34,7)36(76)16-70(25,69)6)10-12-35(75)68(26,4)23-101-66-58(49(88)43(82)33(107-66)22-99-61-52(91)45(84)39(78)29(18-73)103-61)110-65-56(95)50(89)57(59(96)111-65)109-64-55(94)46(85)40(79)30(19-74)104-64/h9,24-25,27-35,37-66,72-75,77-97H,8,10-23H2,1-7H3/t24-,25-,27-,28-,29-,30-,31-,32-,33-,34+,35+,37-,38-,39-,40-,41-,42-,43-,44+,45+,46+,47+,48+,49+,50-,51-,52-,53-,54-,55?,56-,57+,58-,59+,60-,61-,62-,63+,64+,65-,66-,68+,69+,70-,71+/m1/s1. The summed E-state index contributed by atoms with van der Waals surface area (Å²) >= 11 is 0. The van der Waals surface area contributed by atoms with Crippen LogP contribution < -0.4 is 0 Å². The summed E-state index contributed by atoms with van der Waals surface area (Å²) in [7, 11) is 0. The lowest BCUT2D eigenvalue weighted by Gasteiger charge is -2.65.